The second-order valence-corrected chi connectivity index (χ2v) is 3.41. The summed E-state index contributed by atoms with van der Waals surface area (Å²) in [5.74, 6) is 0.146. The molecule has 4 nitrogen and oxygen atoms in total. The van der Waals surface area contributed by atoms with Crippen LogP contribution in [0, 0.1) is 0 Å². The smallest absolute Gasteiger partial charge is 0.123 e. The number of aliphatic hydroxyl groups is 1. The molecule has 0 amide bonds. The van der Waals surface area contributed by atoms with Crippen molar-refractivity contribution >= 4 is 0 Å². The van der Waals surface area contributed by atoms with Crippen molar-refractivity contribution in [3.05, 3.63) is 23.8 Å². The minimum absolute atomic E-state index is 0.0569. The lowest BCUT2D eigenvalue weighted by Gasteiger charge is -2.19. The highest BCUT2D eigenvalue weighted by atomic mass is 16.3. The molecule has 84 valence electrons. The van der Waals surface area contributed by atoms with Crippen LogP contribution in [0.15, 0.2) is 18.2 Å². The molecule has 0 heterocycles. The molecule has 0 aliphatic rings. The molecule has 15 heavy (non-hydrogen) atoms. The SMILES string of the molecule is CCN(CCO)Cc1ccc(O)cc1O. The van der Waals surface area contributed by atoms with Gasteiger partial charge in [0.15, 0.2) is 0 Å². The van der Waals surface area contributed by atoms with E-state index in [9.17, 15) is 5.11 Å². The molecule has 0 fully saturated rings. The van der Waals surface area contributed by atoms with Crippen LogP contribution in [0.1, 0.15) is 12.5 Å². The van der Waals surface area contributed by atoms with Crippen LogP contribution in [0.3, 0.4) is 0 Å². The van der Waals surface area contributed by atoms with Crippen LogP contribution in [0.25, 0.3) is 0 Å². The Morgan fingerprint density at radius 3 is 2.53 bits per heavy atom. The first kappa shape index (κ1) is 11.8. The van der Waals surface area contributed by atoms with Crippen molar-refractivity contribution in [2.24, 2.45) is 0 Å². The summed E-state index contributed by atoms with van der Waals surface area (Å²) in [5, 5.41) is 27.5. The molecule has 0 spiro atoms. The van der Waals surface area contributed by atoms with Crippen LogP contribution in [-0.2, 0) is 6.54 Å². The molecule has 0 saturated carbocycles. The lowest BCUT2D eigenvalue weighted by molar-refractivity contribution is 0.195. The van der Waals surface area contributed by atoms with Gasteiger partial charge >= 0.3 is 0 Å². The van der Waals surface area contributed by atoms with Crippen LogP contribution in [-0.4, -0.2) is 39.9 Å². The fraction of sp³-hybridized carbons (Fsp3) is 0.455. The maximum absolute atomic E-state index is 9.55. The Labute approximate surface area is 89.4 Å². The maximum Gasteiger partial charge on any atom is 0.123 e. The first-order valence-corrected chi connectivity index (χ1v) is 5.01. The average molecular weight is 211 g/mol. The zero-order valence-corrected chi connectivity index (χ0v) is 8.85. The lowest BCUT2D eigenvalue weighted by atomic mass is 10.2. The molecule has 1 aromatic carbocycles. The molecule has 0 aliphatic heterocycles. The number of nitrogens with zero attached hydrogens (tertiary/aromatic N) is 1. The van der Waals surface area contributed by atoms with Crippen LogP contribution >= 0.6 is 0 Å². The Kier molecular flexibility index (Phi) is 4.39. The Hall–Kier alpha value is -1.26. The summed E-state index contributed by atoms with van der Waals surface area (Å²) < 4.78 is 0. The Bertz CT molecular complexity index is 315. The number of benzene rings is 1. The monoisotopic (exact) mass is 211 g/mol. The third-order valence-corrected chi connectivity index (χ3v) is 2.33. The van der Waals surface area contributed by atoms with Crippen molar-refractivity contribution in [1.29, 1.82) is 0 Å². The summed E-state index contributed by atoms with van der Waals surface area (Å²) in [6, 6.07) is 4.55. The van der Waals surface area contributed by atoms with Gasteiger partial charge in [-0.1, -0.05) is 13.0 Å². The van der Waals surface area contributed by atoms with Gasteiger partial charge in [0.2, 0.25) is 0 Å². The quantitative estimate of drug-likeness (QED) is 0.677. The lowest BCUT2D eigenvalue weighted by Crippen LogP contribution is -2.26. The van der Waals surface area contributed by atoms with E-state index >= 15 is 0 Å². The summed E-state index contributed by atoms with van der Waals surface area (Å²) in [7, 11) is 0. The third-order valence-electron chi connectivity index (χ3n) is 2.33. The van der Waals surface area contributed by atoms with E-state index in [-0.39, 0.29) is 18.1 Å². The van der Waals surface area contributed by atoms with E-state index in [0.717, 1.165) is 12.1 Å². The van der Waals surface area contributed by atoms with Crippen molar-refractivity contribution in [1.82, 2.24) is 4.90 Å². The van der Waals surface area contributed by atoms with Gasteiger partial charge in [0.05, 0.1) is 6.61 Å². The number of hydrogen-bond acceptors (Lipinski definition) is 4. The minimum Gasteiger partial charge on any atom is -0.508 e. The molecule has 3 N–H and O–H groups in total. The van der Waals surface area contributed by atoms with E-state index in [4.69, 9.17) is 10.2 Å². The first-order chi connectivity index (χ1) is 7.17. The van der Waals surface area contributed by atoms with Gasteiger partial charge in [-0.05, 0) is 12.6 Å². The highest BCUT2D eigenvalue weighted by molar-refractivity contribution is 5.38. The van der Waals surface area contributed by atoms with Gasteiger partial charge < -0.3 is 15.3 Å². The fourth-order valence-electron chi connectivity index (χ4n) is 1.42. The summed E-state index contributed by atoms with van der Waals surface area (Å²) in [4.78, 5) is 2.01. The van der Waals surface area contributed by atoms with E-state index in [1.165, 1.54) is 6.07 Å². The highest BCUT2D eigenvalue weighted by Gasteiger charge is 2.07. The van der Waals surface area contributed by atoms with Gasteiger partial charge in [-0.25, -0.2) is 0 Å². The Morgan fingerprint density at radius 2 is 2.00 bits per heavy atom. The molecule has 0 radical (unpaired) electrons. The Morgan fingerprint density at radius 1 is 1.27 bits per heavy atom. The maximum atomic E-state index is 9.55. The number of hydrogen-bond donors (Lipinski definition) is 3. The molecule has 0 unspecified atom stereocenters. The molecule has 0 atom stereocenters. The molecule has 4 heteroatoms. The molecule has 0 bridgehead atoms. The van der Waals surface area contributed by atoms with Crippen molar-refractivity contribution in [2.45, 2.75) is 13.5 Å². The van der Waals surface area contributed by atoms with Crippen LogP contribution < -0.4 is 0 Å². The number of rotatable bonds is 5. The Balaban J connectivity index is 2.70. The topological polar surface area (TPSA) is 63.9 Å². The molecule has 0 aromatic heterocycles. The van der Waals surface area contributed by atoms with Crippen molar-refractivity contribution in [3.63, 3.8) is 0 Å². The average Bonchev–Trinajstić information content (AvgIpc) is 2.21. The van der Waals surface area contributed by atoms with Crippen molar-refractivity contribution in [2.75, 3.05) is 19.7 Å². The number of phenolic OH excluding ortho intramolecular Hbond substituents is 2. The van der Waals surface area contributed by atoms with Gasteiger partial charge in [-0.2, -0.15) is 0 Å². The van der Waals surface area contributed by atoms with E-state index in [0.29, 0.717) is 13.1 Å². The largest absolute Gasteiger partial charge is 0.508 e. The first-order valence-electron chi connectivity index (χ1n) is 5.01. The van der Waals surface area contributed by atoms with Gasteiger partial charge in [0, 0.05) is 24.7 Å². The molecule has 0 aliphatic carbocycles. The number of likely N-dealkylation sites (N-methyl/N-ethyl adjacent to an activating group) is 1. The molecule has 1 rings (SSSR count). The summed E-state index contributed by atoms with van der Waals surface area (Å²) in [5.41, 5.74) is 0.753. The predicted molar refractivity (Wildman–Crippen MR) is 57.8 cm³/mol. The van der Waals surface area contributed by atoms with Crippen LogP contribution in [0.4, 0.5) is 0 Å². The molecular weight excluding hydrogens is 194 g/mol. The van der Waals surface area contributed by atoms with Crippen molar-refractivity contribution < 1.29 is 15.3 Å². The third kappa shape index (κ3) is 3.42. The highest BCUT2D eigenvalue weighted by Crippen LogP contribution is 2.23. The van der Waals surface area contributed by atoms with E-state index in [1.807, 2.05) is 11.8 Å². The summed E-state index contributed by atoms with van der Waals surface area (Å²) in [6.07, 6.45) is 0. The fourth-order valence-corrected chi connectivity index (χ4v) is 1.42. The normalized spacial score (nSPS) is 10.9. The van der Waals surface area contributed by atoms with Gasteiger partial charge in [-0.15, -0.1) is 0 Å². The second kappa shape index (κ2) is 5.58. The van der Waals surface area contributed by atoms with Crippen LogP contribution in [0.5, 0.6) is 11.5 Å². The second-order valence-electron chi connectivity index (χ2n) is 3.41. The zero-order chi connectivity index (χ0) is 11.3. The van der Waals surface area contributed by atoms with E-state index in [2.05, 4.69) is 0 Å². The van der Waals surface area contributed by atoms with Gasteiger partial charge in [-0.3, -0.25) is 4.90 Å². The van der Waals surface area contributed by atoms with Gasteiger partial charge in [0.1, 0.15) is 11.5 Å². The molecule has 1 aromatic rings. The summed E-state index contributed by atoms with van der Waals surface area (Å²) in [6.45, 7) is 4.06. The van der Waals surface area contributed by atoms with E-state index < -0.39 is 0 Å². The molecular formula is C11H17NO3. The number of phenols is 2. The standard InChI is InChI=1S/C11H17NO3/c1-2-12(5-6-13)8-9-3-4-10(14)7-11(9)15/h3-4,7,13-15H,2,5-6,8H2,1H3. The van der Waals surface area contributed by atoms with Crippen molar-refractivity contribution in [3.8, 4) is 11.5 Å². The summed E-state index contributed by atoms with van der Waals surface area (Å²) >= 11 is 0. The zero-order valence-electron chi connectivity index (χ0n) is 8.85. The molecule has 0 saturated heterocycles. The van der Waals surface area contributed by atoms with Crippen LogP contribution in [0.2, 0.25) is 0 Å². The number of aliphatic hydroxyl groups excluding tert-OH is 1. The minimum atomic E-state index is 0.0569. The van der Waals surface area contributed by atoms with E-state index in [1.54, 1.807) is 12.1 Å². The van der Waals surface area contributed by atoms with Gasteiger partial charge in [0.25, 0.3) is 0 Å². The number of aromatic hydroxyl groups is 2. The predicted octanol–water partition coefficient (Wildman–Crippen LogP) is 0.912.